The first-order valence-electron chi connectivity index (χ1n) is 27.6. The summed E-state index contributed by atoms with van der Waals surface area (Å²) in [6.45, 7) is 24.2. The summed E-state index contributed by atoms with van der Waals surface area (Å²) in [4.78, 5) is 82.9. The quantitative estimate of drug-likeness (QED) is 0.0472. The van der Waals surface area contributed by atoms with Gasteiger partial charge in [-0.1, -0.05) is 35.9 Å². The van der Waals surface area contributed by atoms with Crippen LogP contribution in [0.4, 0.5) is 0 Å². The summed E-state index contributed by atoms with van der Waals surface area (Å²) in [6, 6.07) is 14.2. The Balaban J connectivity index is 1.67. The van der Waals surface area contributed by atoms with Crippen molar-refractivity contribution in [2.24, 2.45) is 27.1 Å². The molecule has 1 N–H and O–H groups in total. The Morgan fingerprint density at radius 2 is 0.880 bits per heavy atom. The normalized spacial score (nSPS) is 23.6. The summed E-state index contributed by atoms with van der Waals surface area (Å²) in [7, 11) is -3.94. The van der Waals surface area contributed by atoms with E-state index in [0.29, 0.717) is 0 Å². The van der Waals surface area contributed by atoms with Gasteiger partial charge in [0.25, 0.3) is 10.1 Å². The number of carbonyl (C=O) groups excluding carboxylic acids is 6. The molecular weight excluding hydrogens is 1110 g/mol. The van der Waals surface area contributed by atoms with E-state index in [9.17, 15) is 42.3 Å². The van der Waals surface area contributed by atoms with Gasteiger partial charge in [-0.05, 0) is 135 Å². The van der Waals surface area contributed by atoms with Crippen molar-refractivity contribution in [1.82, 2.24) is 0 Å². The SMILES string of the molecule is Cc1ccc(S(=O)(=O)OCCOCCOCCOCCO[C@@H]2O[C@H](COC(=O)C(C)(C)C)[C@@H](O[C@@H]3O[C@H](COC(=O)c4ccccc4)[C@H](O)[C@H](OC(=O)C(C)(C)C)[C@H]3OC(=O)C(C)(C)C)[C@H](OC(=O)C(C)(C)C)[C@H]2OC(=O)C(C)(C)C)cc1. The molecule has 0 aromatic heterocycles. The molecule has 0 spiro atoms. The van der Waals surface area contributed by atoms with E-state index in [2.05, 4.69) is 0 Å². The van der Waals surface area contributed by atoms with Crippen molar-refractivity contribution in [2.45, 2.75) is 177 Å². The van der Waals surface area contributed by atoms with Crippen molar-refractivity contribution >= 4 is 45.9 Å². The van der Waals surface area contributed by atoms with Crippen molar-refractivity contribution in [2.75, 3.05) is 66.1 Å². The van der Waals surface area contributed by atoms with Crippen molar-refractivity contribution in [3.8, 4) is 0 Å². The van der Waals surface area contributed by atoms with Crippen molar-refractivity contribution in [3.05, 3.63) is 65.7 Å². The smallest absolute Gasteiger partial charge is 0.338 e. The fourth-order valence-corrected chi connectivity index (χ4v) is 8.15. The first kappa shape index (κ1) is 70.3. The Morgan fingerprint density at radius 1 is 0.470 bits per heavy atom. The van der Waals surface area contributed by atoms with Crippen molar-refractivity contribution < 1.29 is 108 Å². The van der Waals surface area contributed by atoms with Crippen LogP contribution in [-0.2, 0) is 99.9 Å². The zero-order valence-electron chi connectivity index (χ0n) is 50.9. The molecule has 2 heterocycles. The van der Waals surface area contributed by atoms with Crippen LogP contribution in [0.15, 0.2) is 59.5 Å². The molecule has 2 aromatic rings. The summed E-state index contributed by atoms with van der Waals surface area (Å²) >= 11 is 0. The molecule has 23 nitrogen and oxygen atoms in total. The lowest BCUT2D eigenvalue weighted by atomic mass is 9.93. The molecule has 0 aliphatic carbocycles. The average Bonchev–Trinajstić information content (AvgIpc) is 3.56. The van der Waals surface area contributed by atoms with Gasteiger partial charge in [0.05, 0.1) is 90.4 Å². The maximum atomic E-state index is 14.2. The Morgan fingerprint density at radius 3 is 1.36 bits per heavy atom. The molecule has 2 aliphatic rings. The number of rotatable bonds is 26. The van der Waals surface area contributed by atoms with Gasteiger partial charge in [-0.3, -0.25) is 28.2 Å². The number of aryl methyl sites for hydroxylation is 1. The van der Waals surface area contributed by atoms with Gasteiger partial charge >= 0.3 is 35.8 Å². The van der Waals surface area contributed by atoms with Gasteiger partial charge in [0, 0.05) is 0 Å². The number of hydrogen-bond donors (Lipinski definition) is 1. The van der Waals surface area contributed by atoms with Gasteiger partial charge in [0.15, 0.2) is 37.0 Å². The minimum Gasteiger partial charge on any atom is -0.462 e. The molecule has 0 bridgehead atoms. The van der Waals surface area contributed by atoms with Crippen LogP contribution in [0.2, 0.25) is 0 Å². The largest absolute Gasteiger partial charge is 0.462 e. The second kappa shape index (κ2) is 30.3. The monoisotopic (exact) mass is 1200 g/mol. The number of carbonyl (C=O) groups is 6. The minimum absolute atomic E-state index is 0.00360. The summed E-state index contributed by atoms with van der Waals surface area (Å²) in [6.07, 6.45) is -17.2. The molecule has 2 fully saturated rings. The molecule has 2 aromatic carbocycles. The lowest BCUT2D eigenvalue weighted by Gasteiger charge is -2.49. The standard InChI is InChI=1S/C59H88O23S/c1-36-22-24-38(25-23-36)83(67,68)75-33-31-71-29-27-69-26-28-70-30-32-72-48-46(82-54(66)59(14,15)16)44(80-52(64)57(8,9)10)42(40(77-48)35-74-50(62)55(2,3)4)78-49-45(81-53(65)58(11,12)13)43(79-51(63)56(5,6)7)41(60)39(76-49)34-73-47(61)37-20-18-17-19-21-37/h17-25,39-46,48-49,60H,26-35H2,1-16H3/t39-,40-,41+,42-,43+,44+,45-,46-,48-,49+/m1/s1. The van der Waals surface area contributed by atoms with Crippen LogP contribution in [0.25, 0.3) is 0 Å². The Hall–Kier alpha value is -5.15. The molecule has 0 saturated carbocycles. The summed E-state index contributed by atoms with van der Waals surface area (Å²) in [5.41, 5.74) is -4.77. The zero-order valence-corrected chi connectivity index (χ0v) is 51.7. The number of benzene rings is 2. The van der Waals surface area contributed by atoms with E-state index >= 15 is 0 Å². The lowest BCUT2D eigenvalue weighted by Crippen LogP contribution is -2.67. The molecule has 2 aliphatic heterocycles. The van der Waals surface area contributed by atoms with Crippen LogP contribution >= 0.6 is 0 Å². The maximum Gasteiger partial charge on any atom is 0.338 e. The van der Waals surface area contributed by atoms with Crippen molar-refractivity contribution in [3.63, 3.8) is 0 Å². The highest BCUT2D eigenvalue weighted by Gasteiger charge is 2.58. The van der Waals surface area contributed by atoms with Crippen molar-refractivity contribution in [1.29, 1.82) is 0 Å². The molecule has 4 rings (SSSR count). The Labute approximate surface area is 488 Å². The Bertz CT molecular complexity index is 2540. The second-order valence-electron chi connectivity index (χ2n) is 25.3. The van der Waals surface area contributed by atoms with Gasteiger partial charge in [0.1, 0.15) is 37.6 Å². The molecule has 0 radical (unpaired) electrons. The van der Waals surface area contributed by atoms with Gasteiger partial charge in [-0.2, -0.15) is 8.42 Å². The van der Waals surface area contributed by atoms with E-state index in [4.69, 9.17) is 65.8 Å². The number of esters is 6. The summed E-state index contributed by atoms with van der Waals surface area (Å²) in [5.74, 6) is -4.81. The summed E-state index contributed by atoms with van der Waals surface area (Å²) in [5, 5.41) is 12.1. The van der Waals surface area contributed by atoms with Crippen LogP contribution in [0.3, 0.4) is 0 Å². The third kappa shape index (κ3) is 22.0. The Kier molecular flexibility index (Phi) is 25.7. The van der Waals surface area contributed by atoms with Crippen LogP contribution in [0, 0.1) is 34.0 Å². The third-order valence-corrected chi connectivity index (χ3v) is 13.7. The van der Waals surface area contributed by atoms with E-state index in [1.807, 2.05) is 6.92 Å². The molecule has 468 valence electrons. The highest BCUT2D eigenvalue weighted by Crippen LogP contribution is 2.38. The number of aliphatic hydroxyl groups is 1. The number of hydrogen-bond acceptors (Lipinski definition) is 23. The predicted molar refractivity (Wildman–Crippen MR) is 295 cm³/mol. The van der Waals surface area contributed by atoms with Gasteiger partial charge in [-0.25, -0.2) is 4.79 Å². The summed E-state index contributed by atoms with van der Waals surface area (Å²) < 4.78 is 109. The maximum absolute atomic E-state index is 14.2. The first-order chi connectivity index (χ1) is 38.4. The zero-order chi connectivity index (χ0) is 62.3. The van der Waals surface area contributed by atoms with E-state index in [1.165, 1.54) is 24.3 Å². The van der Waals surface area contributed by atoms with E-state index in [-0.39, 0.29) is 63.3 Å². The van der Waals surface area contributed by atoms with Crippen LogP contribution < -0.4 is 0 Å². The molecule has 10 atom stereocenters. The van der Waals surface area contributed by atoms with Gasteiger partial charge < -0.3 is 66.7 Å². The number of ether oxygens (including phenoxy) is 13. The fraction of sp³-hybridized carbons (Fsp3) is 0.695. The molecule has 83 heavy (non-hydrogen) atoms. The minimum atomic E-state index is -3.94. The second-order valence-corrected chi connectivity index (χ2v) is 26.9. The van der Waals surface area contributed by atoms with Crippen LogP contribution in [-0.4, -0.2) is 177 Å². The predicted octanol–water partition coefficient (Wildman–Crippen LogP) is 6.24. The molecule has 0 unspecified atom stereocenters. The van der Waals surface area contributed by atoms with Crippen LogP contribution in [0.5, 0.6) is 0 Å². The van der Waals surface area contributed by atoms with E-state index in [1.54, 1.807) is 134 Å². The van der Waals surface area contributed by atoms with E-state index in [0.717, 1.165) is 5.56 Å². The molecular formula is C59H88O23S. The third-order valence-electron chi connectivity index (χ3n) is 12.3. The molecule has 0 amide bonds. The first-order valence-corrected chi connectivity index (χ1v) is 29.0. The highest BCUT2D eigenvalue weighted by atomic mass is 32.2. The number of aliphatic hydroxyl groups excluding tert-OH is 1. The van der Waals surface area contributed by atoms with E-state index < -0.39 is 148 Å². The lowest BCUT2D eigenvalue weighted by molar-refractivity contribution is -0.363. The van der Waals surface area contributed by atoms with Crippen LogP contribution in [0.1, 0.15) is 120 Å². The topological polar surface area (TPSA) is 286 Å². The fourth-order valence-electron chi connectivity index (χ4n) is 7.26. The van der Waals surface area contributed by atoms with Gasteiger partial charge in [0.2, 0.25) is 0 Å². The molecule has 24 heteroatoms. The average molecular weight is 1200 g/mol. The van der Waals surface area contributed by atoms with Gasteiger partial charge in [-0.15, -0.1) is 0 Å². The highest BCUT2D eigenvalue weighted by molar-refractivity contribution is 7.86. The molecule has 2 saturated heterocycles.